The highest BCUT2D eigenvalue weighted by molar-refractivity contribution is 5.81. The van der Waals surface area contributed by atoms with E-state index < -0.39 is 5.92 Å². The van der Waals surface area contributed by atoms with Crippen LogP contribution in [0.4, 0.5) is 0 Å². The molecule has 0 saturated heterocycles. The van der Waals surface area contributed by atoms with E-state index in [-0.39, 0.29) is 17.9 Å². The van der Waals surface area contributed by atoms with Crippen molar-refractivity contribution in [1.82, 2.24) is 5.32 Å². The molecule has 0 bridgehead atoms. The van der Waals surface area contributed by atoms with Crippen molar-refractivity contribution in [3.63, 3.8) is 0 Å². The fourth-order valence-corrected chi connectivity index (χ4v) is 2.46. The quantitative estimate of drug-likeness (QED) is 0.738. The summed E-state index contributed by atoms with van der Waals surface area (Å²) in [6.07, 6.45) is 5.61. The molecule has 96 valence electrons. The number of rotatable bonds is 6. The Labute approximate surface area is 103 Å². The summed E-state index contributed by atoms with van der Waals surface area (Å²) in [4.78, 5) is 11.8. The zero-order valence-corrected chi connectivity index (χ0v) is 10.5. The molecule has 1 unspecified atom stereocenters. The summed E-state index contributed by atoms with van der Waals surface area (Å²) >= 11 is 0. The number of hydrogen-bond acceptors (Lipinski definition) is 3. The summed E-state index contributed by atoms with van der Waals surface area (Å²) in [7, 11) is 0. The lowest BCUT2D eigenvalue weighted by atomic mass is 9.87. The van der Waals surface area contributed by atoms with Crippen LogP contribution in [0, 0.1) is 22.7 Å². The Morgan fingerprint density at radius 1 is 1.53 bits per heavy atom. The zero-order valence-electron chi connectivity index (χ0n) is 10.5. The van der Waals surface area contributed by atoms with Crippen LogP contribution in [0.25, 0.3) is 0 Å². The van der Waals surface area contributed by atoms with Gasteiger partial charge in [0.15, 0.2) is 0 Å². The Morgan fingerprint density at radius 3 is 2.65 bits per heavy atom. The van der Waals surface area contributed by atoms with Gasteiger partial charge in [0.2, 0.25) is 5.91 Å². The minimum Gasteiger partial charge on any atom is -0.396 e. The predicted octanol–water partition coefficient (Wildman–Crippen LogP) is 1.60. The van der Waals surface area contributed by atoms with Crippen LogP contribution in [0.5, 0.6) is 0 Å². The fraction of sp³-hybridized carbons (Fsp3) is 0.846. The monoisotopic (exact) mass is 238 g/mol. The van der Waals surface area contributed by atoms with Crippen molar-refractivity contribution in [2.45, 2.75) is 45.4 Å². The van der Waals surface area contributed by atoms with Gasteiger partial charge in [0.25, 0.3) is 0 Å². The maximum atomic E-state index is 11.8. The molecule has 17 heavy (non-hydrogen) atoms. The lowest BCUT2D eigenvalue weighted by Gasteiger charge is -2.27. The Bertz CT molecular complexity index is 290. The minimum absolute atomic E-state index is 0.123. The molecule has 1 saturated carbocycles. The highest BCUT2D eigenvalue weighted by atomic mass is 16.3. The first-order chi connectivity index (χ1) is 8.17. The van der Waals surface area contributed by atoms with Crippen LogP contribution in [0.15, 0.2) is 0 Å². The van der Waals surface area contributed by atoms with Gasteiger partial charge >= 0.3 is 0 Å². The van der Waals surface area contributed by atoms with Gasteiger partial charge in [0.05, 0.1) is 12.7 Å². The standard InChI is InChI=1S/C13H22N2O2/c1-2-5-11(8-14)12(17)15-9-13(10-16)6-3-4-7-13/h11,16H,2-7,9-10H2,1H3,(H,15,17). The molecule has 2 N–H and O–H groups in total. The van der Waals surface area contributed by atoms with Crippen LogP contribution >= 0.6 is 0 Å². The molecule has 0 radical (unpaired) electrons. The fourth-order valence-electron chi connectivity index (χ4n) is 2.46. The van der Waals surface area contributed by atoms with Crippen molar-refractivity contribution >= 4 is 5.91 Å². The van der Waals surface area contributed by atoms with E-state index in [9.17, 15) is 9.90 Å². The molecule has 0 spiro atoms. The third-order valence-electron chi connectivity index (χ3n) is 3.69. The van der Waals surface area contributed by atoms with E-state index in [1.54, 1.807) is 0 Å². The summed E-state index contributed by atoms with van der Waals surface area (Å²) in [5, 5.41) is 21.1. The molecule has 0 heterocycles. The van der Waals surface area contributed by atoms with Gasteiger partial charge in [-0.05, 0) is 19.3 Å². The largest absolute Gasteiger partial charge is 0.396 e. The number of carbonyl (C=O) groups is 1. The highest BCUT2D eigenvalue weighted by Gasteiger charge is 2.34. The molecule has 0 aromatic rings. The van der Waals surface area contributed by atoms with Crippen molar-refractivity contribution in [1.29, 1.82) is 5.26 Å². The summed E-state index contributed by atoms with van der Waals surface area (Å²) in [6.45, 7) is 2.59. The van der Waals surface area contributed by atoms with Crippen LogP contribution in [0.1, 0.15) is 45.4 Å². The lowest BCUT2D eigenvalue weighted by Crippen LogP contribution is -2.40. The molecule has 1 fully saturated rings. The Kier molecular flexibility index (Phi) is 5.43. The second kappa shape index (κ2) is 6.61. The van der Waals surface area contributed by atoms with Crippen molar-refractivity contribution in [3.8, 4) is 6.07 Å². The van der Waals surface area contributed by atoms with Crippen molar-refractivity contribution in [3.05, 3.63) is 0 Å². The van der Waals surface area contributed by atoms with Crippen LogP contribution < -0.4 is 5.32 Å². The first kappa shape index (κ1) is 14.0. The number of nitrogens with one attached hydrogen (secondary N) is 1. The van der Waals surface area contributed by atoms with Gasteiger partial charge in [-0.2, -0.15) is 5.26 Å². The van der Waals surface area contributed by atoms with E-state index in [1.807, 2.05) is 13.0 Å². The molecular weight excluding hydrogens is 216 g/mol. The maximum absolute atomic E-state index is 11.8. The van der Waals surface area contributed by atoms with Gasteiger partial charge in [0, 0.05) is 12.0 Å². The summed E-state index contributed by atoms with van der Waals surface area (Å²) < 4.78 is 0. The van der Waals surface area contributed by atoms with E-state index in [0.717, 1.165) is 32.1 Å². The topological polar surface area (TPSA) is 73.1 Å². The number of aliphatic hydroxyl groups excluding tert-OH is 1. The third kappa shape index (κ3) is 3.71. The number of hydrogen-bond donors (Lipinski definition) is 2. The molecule has 1 amide bonds. The maximum Gasteiger partial charge on any atom is 0.237 e. The first-order valence-electron chi connectivity index (χ1n) is 6.45. The number of aliphatic hydroxyl groups is 1. The van der Waals surface area contributed by atoms with Gasteiger partial charge in [-0.15, -0.1) is 0 Å². The van der Waals surface area contributed by atoms with Gasteiger partial charge < -0.3 is 10.4 Å². The molecule has 1 aliphatic carbocycles. The minimum atomic E-state index is -0.544. The lowest BCUT2D eigenvalue weighted by molar-refractivity contribution is -0.124. The van der Waals surface area contributed by atoms with Crippen molar-refractivity contribution in [2.75, 3.05) is 13.2 Å². The second-order valence-electron chi connectivity index (χ2n) is 5.05. The molecule has 0 aromatic heterocycles. The summed E-state index contributed by atoms with van der Waals surface area (Å²) in [5.74, 6) is -0.730. The van der Waals surface area contributed by atoms with E-state index in [1.165, 1.54) is 0 Å². The Hall–Kier alpha value is -1.08. The van der Waals surface area contributed by atoms with Gasteiger partial charge in [-0.25, -0.2) is 0 Å². The average molecular weight is 238 g/mol. The molecule has 0 aliphatic heterocycles. The molecule has 4 heteroatoms. The van der Waals surface area contributed by atoms with Gasteiger partial charge in [-0.3, -0.25) is 4.79 Å². The predicted molar refractivity (Wildman–Crippen MR) is 65.0 cm³/mol. The van der Waals surface area contributed by atoms with E-state index in [0.29, 0.717) is 13.0 Å². The normalized spacial score (nSPS) is 19.6. The van der Waals surface area contributed by atoms with Crippen molar-refractivity contribution in [2.24, 2.45) is 11.3 Å². The Balaban J connectivity index is 2.43. The third-order valence-corrected chi connectivity index (χ3v) is 3.69. The molecule has 0 aromatic carbocycles. The second-order valence-corrected chi connectivity index (χ2v) is 5.05. The number of nitrogens with zero attached hydrogens (tertiary/aromatic N) is 1. The molecule has 1 rings (SSSR count). The van der Waals surface area contributed by atoms with Gasteiger partial charge in [-0.1, -0.05) is 26.2 Å². The number of nitriles is 1. The summed E-state index contributed by atoms with van der Waals surface area (Å²) in [5.41, 5.74) is -0.137. The molecular formula is C13H22N2O2. The van der Waals surface area contributed by atoms with E-state index in [4.69, 9.17) is 5.26 Å². The molecule has 1 atom stereocenters. The summed E-state index contributed by atoms with van der Waals surface area (Å²) in [6, 6.07) is 2.03. The highest BCUT2D eigenvalue weighted by Crippen LogP contribution is 2.36. The van der Waals surface area contributed by atoms with Crippen molar-refractivity contribution < 1.29 is 9.90 Å². The molecule has 4 nitrogen and oxygen atoms in total. The smallest absolute Gasteiger partial charge is 0.237 e. The molecule has 1 aliphatic rings. The SMILES string of the molecule is CCCC(C#N)C(=O)NCC1(CO)CCCC1. The van der Waals surface area contributed by atoms with Crippen LogP contribution in [-0.4, -0.2) is 24.2 Å². The average Bonchev–Trinajstić information content (AvgIpc) is 2.82. The number of carbonyl (C=O) groups excluding carboxylic acids is 1. The van der Waals surface area contributed by atoms with Gasteiger partial charge in [0.1, 0.15) is 5.92 Å². The number of amides is 1. The van der Waals surface area contributed by atoms with Crippen LogP contribution in [-0.2, 0) is 4.79 Å². The van der Waals surface area contributed by atoms with E-state index in [2.05, 4.69) is 5.32 Å². The Morgan fingerprint density at radius 2 is 2.18 bits per heavy atom. The van der Waals surface area contributed by atoms with Crippen LogP contribution in [0.3, 0.4) is 0 Å². The van der Waals surface area contributed by atoms with E-state index >= 15 is 0 Å². The van der Waals surface area contributed by atoms with Crippen LogP contribution in [0.2, 0.25) is 0 Å². The zero-order chi connectivity index (χ0) is 12.7. The first-order valence-corrected chi connectivity index (χ1v) is 6.45.